The Morgan fingerprint density at radius 1 is 1.26 bits per heavy atom. The van der Waals surface area contributed by atoms with Crippen molar-refractivity contribution in [3.8, 4) is 0 Å². The number of nitrogens with two attached hydrogens (primary N) is 1. The molecule has 3 nitrogen and oxygen atoms in total. The largest absolute Gasteiger partial charge is 0.354 e. The first-order valence-electron chi connectivity index (χ1n) is 6.48. The lowest BCUT2D eigenvalue weighted by Gasteiger charge is -2.18. The van der Waals surface area contributed by atoms with Gasteiger partial charge in [-0.25, -0.2) is 0 Å². The minimum absolute atomic E-state index is 0. The molecular formula is C15H25ClN2O. The highest BCUT2D eigenvalue weighted by atomic mass is 35.5. The minimum atomic E-state index is -0.341. The summed E-state index contributed by atoms with van der Waals surface area (Å²) in [5.41, 5.74) is 8.01. The molecule has 0 bridgehead atoms. The maximum atomic E-state index is 11.6. The molecular weight excluding hydrogens is 260 g/mol. The highest BCUT2D eigenvalue weighted by Gasteiger charge is 2.11. The molecule has 0 saturated heterocycles. The van der Waals surface area contributed by atoms with E-state index in [0.29, 0.717) is 13.0 Å². The number of amides is 1. The molecule has 1 rings (SSSR count). The fourth-order valence-corrected chi connectivity index (χ4v) is 1.62. The molecule has 0 fully saturated rings. The van der Waals surface area contributed by atoms with Crippen LogP contribution in [0.15, 0.2) is 24.3 Å². The molecule has 1 aromatic carbocycles. The third-order valence-corrected chi connectivity index (χ3v) is 2.73. The van der Waals surface area contributed by atoms with Crippen molar-refractivity contribution in [3.05, 3.63) is 35.4 Å². The second-order valence-electron chi connectivity index (χ2n) is 5.60. The minimum Gasteiger partial charge on any atom is -0.354 e. The van der Waals surface area contributed by atoms with Crippen molar-refractivity contribution in [2.45, 2.75) is 45.6 Å². The fourth-order valence-electron chi connectivity index (χ4n) is 1.62. The molecule has 0 atom stereocenters. The number of benzene rings is 1. The van der Waals surface area contributed by atoms with E-state index >= 15 is 0 Å². The topological polar surface area (TPSA) is 55.1 Å². The van der Waals surface area contributed by atoms with Crippen molar-refractivity contribution in [1.82, 2.24) is 5.32 Å². The van der Waals surface area contributed by atoms with Crippen molar-refractivity contribution >= 4 is 18.3 Å². The standard InChI is InChI=1S/C15H24N2O.ClH/c1-12-7-9-13(10-8-12)5-4-6-14(18)17-11-15(2,3)16;/h7-10H,4-6,11,16H2,1-3H3,(H,17,18);1H. The van der Waals surface area contributed by atoms with E-state index in [1.807, 2.05) is 13.8 Å². The molecule has 1 aromatic rings. The van der Waals surface area contributed by atoms with Gasteiger partial charge in [-0.3, -0.25) is 4.79 Å². The number of carbonyl (C=O) groups excluding carboxylic acids is 1. The molecule has 0 saturated carbocycles. The zero-order valence-electron chi connectivity index (χ0n) is 12.0. The fraction of sp³-hybridized carbons (Fsp3) is 0.533. The highest BCUT2D eigenvalue weighted by Crippen LogP contribution is 2.07. The van der Waals surface area contributed by atoms with E-state index in [0.717, 1.165) is 12.8 Å². The Morgan fingerprint density at radius 2 is 1.84 bits per heavy atom. The summed E-state index contributed by atoms with van der Waals surface area (Å²) in [6, 6.07) is 8.45. The molecule has 0 aromatic heterocycles. The smallest absolute Gasteiger partial charge is 0.220 e. The van der Waals surface area contributed by atoms with E-state index in [4.69, 9.17) is 5.73 Å². The Hall–Kier alpha value is -1.06. The number of aryl methyl sites for hydroxylation is 2. The van der Waals surface area contributed by atoms with E-state index < -0.39 is 0 Å². The number of carbonyl (C=O) groups is 1. The van der Waals surface area contributed by atoms with Crippen molar-refractivity contribution in [1.29, 1.82) is 0 Å². The summed E-state index contributed by atoms with van der Waals surface area (Å²) >= 11 is 0. The van der Waals surface area contributed by atoms with Crippen LogP contribution in [0.1, 0.15) is 37.8 Å². The van der Waals surface area contributed by atoms with Gasteiger partial charge in [0.2, 0.25) is 5.91 Å². The van der Waals surface area contributed by atoms with Gasteiger partial charge in [-0.15, -0.1) is 12.4 Å². The van der Waals surface area contributed by atoms with Gasteiger partial charge in [0.25, 0.3) is 0 Å². The summed E-state index contributed by atoms with van der Waals surface area (Å²) in [4.78, 5) is 11.6. The quantitative estimate of drug-likeness (QED) is 0.844. The Kier molecular flexibility index (Phi) is 7.72. The third kappa shape index (κ3) is 8.62. The molecule has 1 amide bonds. The van der Waals surface area contributed by atoms with E-state index in [1.54, 1.807) is 0 Å². The second kappa shape index (κ2) is 8.18. The van der Waals surface area contributed by atoms with E-state index in [1.165, 1.54) is 11.1 Å². The summed E-state index contributed by atoms with van der Waals surface area (Å²) in [5, 5.41) is 2.85. The van der Waals surface area contributed by atoms with Crippen LogP contribution < -0.4 is 11.1 Å². The van der Waals surface area contributed by atoms with Crippen molar-refractivity contribution in [3.63, 3.8) is 0 Å². The number of nitrogens with one attached hydrogen (secondary N) is 1. The van der Waals surface area contributed by atoms with Crippen molar-refractivity contribution < 1.29 is 4.79 Å². The van der Waals surface area contributed by atoms with Gasteiger partial charge >= 0.3 is 0 Å². The van der Waals surface area contributed by atoms with Crippen LogP contribution in [0.3, 0.4) is 0 Å². The number of rotatable bonds is 6. The van der Waals surface area contributed by atoms with Gasteiger partial charge < -0.3 is 11.1 Å². The normalized spacial score (nSPS) is 10.7. The molecule has 0 spiro atoms. The molecule has 0 aliphatic rings. The van der Waals surface area contributed by atoms with Crippen molar-refractivity contribution in [2.24, 2.45) is 5.73 Å². The zero-order valence-corrected chi connectivity index (χ0v) is 12.8. The van der Waals surface area contributed by atoms with E-state index in [2.05, 4.69) is 36.5 Å². The lowest BCUT2D eigenvalue weighted by atomic mass is 10.1. The van der Waals surface area contributed by atoms with Gasteiger partial charge in [0.15, 0.2) is 0 Å². The van der Waals surface area contributed by atoms with Gasteiger partial charge in [-0.05, 0) is 39.2 Å². The molecule has 0 unspecified atom stereocenters. The number of hydrogen-bond acceptors (Lipinski definition) is 2. The molecule has 0 aliphatic carbocycles. The average Bonchev–Trinajstić information content (AvgIpc) is 2.28. The molecule has 0 aliphatic heterocycles. The lowest BCUT2D eigenvalue weighted by Crippen LogP contribution is -2.45. The Morgan fingerprint density at radius 3 is 2.37 bits per heavy atom. The summed E-state index contributed by atoms with van der Waals surface area (Å²) in [6.07, 6.45) is 2.38. The Labute approximate surface area is 122 Å². The molecule has 0 heterocycles. The maximum absolute atomic E-state index is 11.6. The maximum Gasteiger partial charge on any atom is 0.220 e. The summed E-state index contributed by atoms with van der Waals surface area (Å²) in [5.74, 6) is 0.0839. The van der Waals surface area contributed by atoms with Crippen LogP contribution in [0.25, 0.3) is 0 Å². The second-order valence-corrected chi connectivity index (χ2v) is 5.60. The van der Waals surface area contributed by atoms with Crippen LogP contribution in [0.2, 0.25) is 0 Å². The number of halogens is 1. The lowest BCUT2D eigenvalue weighted by molar-refractivity contribution is -0.121. The van der Waals surface area contributed by atoms with Crippen LogP contribution in [-0.4, -0.2) is 18.0 Å². The van der Waals surface area contributed by atoms with Crippen LogP contribution in [0.4, 0.5) is 0 Å². The number of hydrogen-bond donors (Lipinski definition) is 2. The van der Waals surface area contributed by atoms with Crippen LogP contribution in [-0.2, 0) is 11.2 Å². The predicted octanol–water partition coefficient (Wildman–Crippen LogP) is 2.59. The average molecular weight is 285 g/mol. The Balaban J connectivity index is 0.00000324. The molecule has 0 radical (unpaired) electrons. The first-order valence-corrected chi connectivity index (χ1v) is 6.48. The summed E-state index contributed by atoms with van der Waals surface area (Å²) in [6.45, 7) is 6.40. The van der Waals surface area contributed by atoms with Gasteiger partial charge in [0.1, 0.15) is 0 Å². The van der Waals surface area contributed by atoms with Gasteiger partial charge in [-0.2, -0.15) is 0 Å². The zero-order chi connectivity index (χ0) is 13.6. The first kappa shape index (κ1) is 17.9. The SMILES string of the molecule is Cc1ccc(CCCC(=O)NCC(C)(C)N)cc1.Cl. The van der Waals surface area contributed by atoms with Crippen molar-refractivity contribution in [2.75, 3.05) is 6.54 Å². The predicted molar refractivity (Wildman–Crippen MR) is 82.6 cm³/mol. The van der Waals surface area contributed by atoms with Crippen LogP contribution >= 0.6 is 12.4 Å². The van der Waals surface area contributed by atoms with Crippen LogP contribution in [0.5, 0.6) is 0 Å². The monoisotopic (exact) mass is 284 g/mol. The van der Waals surface area contributed by atoms with E-state index in [9.17, 15) is 4.79 Å². The highest BCUT2D eigenvalue weighted by molar-refractivity contribution is 5.85. The molecule has 108 valence electrons. The van der Waals surface area contributed by atoms with E-state index in [-0.39, 0.29) is 23.9 Å². The van der Waals surface area contributed by atoms with Gasteiger partial charge in [0, 0.05) is 18.5 Å². The molecule has 4 heteroatoms. The van der Waals surface area contributed by atoms with Gasteiger partial charge in [-0.1, -0.05) is 29.8 Å². The summed E-state index contributed by atoms with van der Waals surface area (Å²) in [7, 11) is 0. The summed E-state index contributed by atoms with van der Waals surface area (Å²) < 4.78 is 0. The Bertz CT molecular complexity index is 382. The van der Waals surface area contributed by atoms with Crippen LogP contribution in [0, 0.1) is 6.92 Å². The first-order chi connectivity index (χ1) is 8.37. The molecule has 19 heavy (non-hydrogen) atoms. The molecule has 3 N–H and O–H groups in total. The third-order valence-electron chi connectivity index (χ3n) is 2.73. The van der Waals surface area contributed by atoms with Gasteiger partial charge in [0.05, 0.1) is 0 Å².